The fourth-order valence-electron chi connectivity index (χ4n) is 1.18. The SMILES string of the molecule is COc1cc(S(=O)(=O)O)c(N)cc1P(=O)(O)O. The maximum Gasteiger partial charge on any atom is 0.360 e. The summed E-state index contributed by atoms with van der Waals surface area (Å²) in [7, 11) is -8.14. The molecule has 8 nitrogen and oxygen atoms in total. The lowest BCUT2D eigenvalue weighted by Crippen LogP contribution is -2.13. The average Bonchev–Trinajstić information content (AvgIpc) is 2.14. The van der Waals surface area contributed by atoms with Crippen molar-refractivity contribution < 1.29 is 32.1 Å². The average molecular weight is 283 g/mol. The summed E-state index contributed by atoms with van der Waals surface area (Å²) in [6.45, 7) is 0. The number of ether oxygens (including phenoxy) is 1. The molecule has 0 atom stereocenters. The van der Waals surface area contributed by atoms with E-state index in [1.54, 1.807) is 0 Å². The van der Waals surface area contributed by atoms with Gasteiger partial charge in [-0.3, -0.25) is 9.12 Å². The van der Waals surface area contributed by atoms with Gasteiger partial charge in [0.25, 0.3) is 10.1 Å². The molecular weight excluding hydrogens is 273 g/mol. The highest BCUT2D eigenvalue weighted by Gasteiger charge is 2.26. The molecule has 0 fully saturated rings. The molecule has 0 saturated heterocycles. The van der Waals surface area contributed by atoms with Crippen molar-refractivity contribution in [2.45, 2.75) is 4.90 Å². The van der Waals surface area contributed by atoms with Gasteiger partial charge in [-0.15, -0.1) is 0 Å². The van der Waals surface area contributed by atoms with Crippen molar-refractivity contribution in [3.8, 4) is 5.75 Å². The summed E-state index contributed by atoms with van der Waals surface area (Å²) in [5.41, 5.74) is 4.81. The number of nitrogen functional groups attached to an aromatic ring is 1. The fourth-order valence-corrected chi connectivity index (χ4v) is 2.54. The third-order valence-corrected chi connectivity index (χ3v) is 3.79. The van der Waals surface area contributed by atoms with Gasteiger partial charge in [0.1, 0.15) is 15.9 Å². The first kappa shape index (κ1) is 13.9. The first-order chi connectivity index (χ1) is 7.57. The van der Waals surface area contributed by atoms with E-state index in [2.05, 4.69) is 4.74 Å². The van der Waals surface area contributed by atoms with Gasteiger partial charge in [-0.2, -0.15) is 8.42 Å². The Kier molecular flexibility index (Phi) is 3.51. The van der Waals surface area contributed by atoms with Gasteiger partial charge in [0.2, 0.25) is 0 Å². The molecule has 0 bridgehead atoms. The van der Waals surface area contributed by atoms with E-state index in [-0.39, 0.29) is 5.75 Å². The number of hydrogen-bond acceptors (Lipinski definition) is 5. The summed E-state index contributed by atoms with van der Waals surface area (Å²) in [4.78, 5) is 17.3. The number of hydrogen-bond donors (Lipinski definition) is 4. The molecule has 1 rings (SSSR count). The van der Waals surface area contributed by atoms with Crippen molar-refractivity contribution in [1.29, 1.82) is 0 Å². The number of nitrogens with two attached hydrogens (primary N) is 1. The Morgan fingerprint density at radius 3 is 2.24 bits per heavy atom. The van der Waals surface area contributed by atoms with Crippen LogP contribution in [0.4, 0.5) is 5.69 Å². The summed E-state index contributed by atoms with van der Waals surface area (Å²) < 4.78 is 46.4. The molecule has 0 heterocycles. The van der Waals surface area contributed by atoms with Crippen LogP contribution in [0.5, 0.6) is 5.75 Å². The van der Waals surface area contributed by atoms with Crippen LogP contribution in [0.2, 0.25) is 0 Å². The van der Waals surface area contributed by atoms with E-state index in [1.165, 1.54) is 0 Å². The molecule has 1 aromatic rings. The second-order valence-corrected chi connectivity index (χ2v) is 6.04. The van der Waals surface area contributed by atoms with Crippen LogP contribution in [0.25, 0.3) is 0 Å². The molecule has 0 aliphatic rings. The molecule has 5 N–H and O–H groups in total. The Morgan fingerprint density at radius 1 is 1.35 bits per heavy atom. The van der Waals surface area contributed by atoms with Gasteiger partial charge < -0.3 is 20.3 Å². The smallest absolute Gasteiger partial charge is 0.360 e. The predicted octanol–water partition coefficient (Wildman–Crippen LogP) is -0.673. The summed E-state index contributed by atoms with van der Waals surface area (Å²) in [5, 5.41) is -0.551. The van der Waals surface area contributed by atoms with Gasteiger partial charge >= 0.3 is 7.60 Å². The normalized spacial score (nSPS) is 12.5. The van der Waals surface area contributed by atoms with E-state index in [0.717, 1.165) is 19.2 Å². The number of benzene rings is 1. The van der Waals surface area contributed by atoms with E-state index in [1.807, 2.05) is 0 Å². The van der Waals surface area contributed by atoms with E-state index >= 15 is 0 Å². The first-order valence-electron chi connectivity index (χ1n) is 4.08. The Balaban J connectivity index is 3.63. The van der Waals surface area contributed by atoms with Gasteiger partial charge in [0, 0.05) is 6.07 Å². The molecule has 0 saturated carbocycles. The lowest BCUT2D eigenvalue weighted by Gasteiger charge is -2.12. The standard InChI is InChI=1S/C7H10NO7PS/c1-15-5-3-7(17(12,13)14)4(8)2-6(5)16(9,10)11/h2-3H,8H2,1H3,(H2,9,10,11)(H,12,13,14). The highest BCUT2D eigenvalue weighted by molar-refractivity contribution is 7.86. The van der Waals surface area contributed by atoms with E-state index < -0.39 is 33.6 Å². The molecule has 0 aliphatic carbocycles. The predicted molar refractivity (Wildman–Crippen MR) is 58.9 cm³/mol. The third kappa shape index (κ3) is 2.96. The second kappa shape index (κ2) is 4.28. The number of methoxy groups -OCH3 is 1. The van der Waals surface area contributed by atoms with E-state index in [0.29, 0.717) is 0 Å². The molecule has 17 heavy (non-hydrogen) atoms. The minimum Gasteiger partial charge on any atom is -0.496 e. The van der Waals surface area contributed by atoms with Crippen LogP contribution in [0, 0.1) is 0 Å². The molecule has 96 valence electrons. The van der Waals surface area contributed by atoms with Gasteiger partial charge in [0.05, 0.1) is 12.8 Å². The Labute approximate surface area is 96.9 Å². The third-order valence-electron chi connectivity index (χ3n) is 1.90. The van der Waals surface area contributed by atoms with Crippen LogP contribution in [0.15, 0.2) is 17.0 Å². The Morgan fingerprint density at radius 2 is 1.88 bits per heavy atom. The van der Waals surface area contributed by atoms with Gasteiger partial charge in [0.15, 0.2) is 0 Å². The lowest BCUT2D eigenvalue weighted by atomic mass is 10.3. The number of anilines is 1. The molecule has 0 radical (unpaired) electrons. The van der Waals surface area contributed by atoms with Crippen LogP contribution < -0.4 is 15.8 Å². The first-order valence-corrected chi connectivity index (χ1v) is 7.13. The van der Waals surface area contributed by atoms with Crippen molar-refractivity contribution in [3.05, 3.63) is 12.1 Å². The summed E-state index contributed by atoms with van der Waals surface area (Å²) in [6.07, 6.45) is 0. The summed E-state index contributed by atoms with van der Waals surface area (Å²) in [5.74, 6) is -0.375. The molecule has 10 heteroatoms. The quantitative estimate of drug-likeness (QED) is 0.324. The molecule has 0 aromatic heterocycles. The fraction of sp³-hybridized carbons (Fsp3) is 0.143. The topological polar surface area (TPSA) is 147 Å². The monoisotopic (exact) mass is 283 g/mol. The zero-order valence-electron chi connectivity index (χ0n) is 8.56. The number of rotatable bonds is 3. The second-order valence-electron chi connectivity index (χ2n) is 3.08. The highest BCUT2D eigenvalue weighted by Crippen LogP contribution is 2.39. The van der Waals surface area contributed by atoms with Crippen molar-refractivity contribution in [2.24, 2.45) is 0 Å². The van der Waals surface area contributed by atoms with Crippen LogP contribution in [0.1, 0.15) is 0 Å². The van der Waals surface area contributed by atoms with Crippen molar-refractivity contribution in [2.75, 3.05) is 12.8 Å². The highest BCUT2D eigenvalue weighted by atomic mass is 32.2. The maximum atomic E-state index is 11.1. The Bertz CT molecular complexity index is 590. The van der Waals surface area contributed by atoms with E-state index in [9.17, 15) is 13.0 Å². The van der Waals surface area contributed by atoms with Crippen LogP contribution in [-0.4, -0.2) is 29.9 Å². The molecule has 1 aromatic carbocycles. The summed E-state index contributed by atoms with van der Waals surface area (Å²) in [6, 6.07) is 1.50. The van der Waals surface area contributed by atoms with Gasteiger partial charge in [-0.05, 0) is 6.07 Å². The van der Waals surface area contributed by atoms with Crippen LogP contribution >= 0.6 is 7.60 Å². The van der Waals surface area contributed by atoms with Crippen molar-refractivity contribution in [3.63, 3.8) is 0 Å². The maximum absolute atomic E-state index is 11.1. The molecule has 0 unspecified atom stereocenters. The minimum absolute atomic E-state index is 0.375. The molecule has 0 aliphatic heterocycles. The minimum atomic E-state index is -4.65. The molecular formula is C7H10NO7PS. The van der Waals surface area contributed by atoms with Crippen LogP contribution in [-0.2, 0) is 14.7 Å². The van der Waals surface area contributed by atoms with Crippen molar-refractivity contribution in [1.82, 2.24) is 0 Å². The van der Waals surface area contributed by atoms with E-state index in [4.69, 9.17) is 20.1 Å². The largest absolute Gasteiger partial charge is 0.496 e. The van der Waals surface area contributed by atoms with Crippen LogP contribution in [0.3, 0.4) is 0 Å². The Hall–Kier alpha value is -1.12. The van der Waals surface area contributed by atoms with Crippen molar-refractivity contribution >= 4 is 28.7 Å². The lowest BCUT2D eigenvalue weighted by molar-refractivity contribution is 0.380. The van der Waals surface area contributed by atoms with Gasteiger partial charge in [-0.1, -0.05) is 0 Å². The molecule has 0 amide bonds. The summed E-state index contributed by atoms with van der Waals surface area (Å²) >= 11 is 0. The zero-order valence-corrected chi connectivity index (χ0v) is 10.3. The molecule has 0 spiro atoms. The van der Waals surface area contributed by atoms with Gasteiger partial charge in [-0.25, -0.2) is 0 Å². The zero-order chi connectivity index (χ0) is 13.4.